The van der Waals surface area contributed by atoms with Gasteiger partial charge in [0.15, 0.2) is 0 Å². The summed E-state index contributed by atoms with van der Waals surface area (Å²) in [5, 5.41) is 21.2. The van der Waals surface area contributed by atoms with Crippen molar-refractivity contribution in [2.24, 2.45) is 23.2 Å². The second-order valence-corrected chi connectivity index (χ2v) is 12.5. The summed E-state index contributed by atoms with van der Waals surface area (Å²) in [6, 6.07) is 15.6. The number of hydrogen-bond donors (Lipinski definition) is 2. The molecule has 2 saturated carbocycles. The Morgan fingerprint density at radius 1 is 1.03 bits per heavy atom. The number of benzene rings is 2. The van der Waals surface area contributed by atoms with E-state index in [2.05, 4.69) is 13.0 Å². The Morgan fingerprint density at radius 3 is 2.66 bits per heavy atom. The lowest BCUT2D eigenvalue weighted by molar-refractivity contribution is -0.0396. The standard InChI is InChI=1S/C31H40O3S/c1-31-17-16-26-25-13-12-24(32)20-23(25)19-22(29(26)27(31)14-15-28(31)33)11-5-2-3-8-18-35-30(34)21-9-6-4-7-10-21/h4,6-7,9-10,12-13,20,22,26-29,32-33H,2-3,5,8,11,14-19H2,1H3/t22-,26?,27?,28+,29?,31+/m1/s1. The number of aromatic hydroxyl groups is 1. The number of phenolic OH excluding ortho intramolecular Hbond substituents is 1. The van der Waals surface area contributed by atoms with Crippen molar-refractivity contribution in [1.29, 1.82) is 0 Å². The first-order chi connectivity index (χ1) is 17.0. The number of unbranched alkanes of at least 4 members (excludes halogenated alkanes) is 3. The van der Waals surface area contributed by atoms with Gasteiger partial charge in [-0.3, -0.25) is 4.79 Å². The Hall–Kier alpha value is -1.78. The van der Waals surface area contributed by atoms with E-state index in [1.165, 1.54) is 48.6 Å². The van der Waals surface area contributed by atoms with Gasteiger partial charge in [-0.15, -0.1) is 0 Å². The highest BCUT2D eigenvalue weighted by molar-refractivity contribution is 8.14. The summed E-state index contributed by atoms with van der Waals surface area (Å²) in [5.41, 5.74) is 3.70. The number of hydrogen-bond acceptors (Lipinski definition) is 4. The maximum Gasteiger partial charge on any atom is 0.219 e. The van der Waals surface area contributed by atoms with E-state index in [1.54, 1.807) is 0 Å². The molecule has 4 heteroatoms. The van der Waals surface area contributed by atoms with E-state index in [9.17, 15) is 15.0 Å². The molecule has 2 aromatic rings. The maximum atomic E-state index is 12.3. The smallest absolute Gasteiger partial charge is 0.219 e. The molecule has 0 saturated heterocycles. The molecule has 0 bridgehead atoms. The number of carbonyl (C=O) groups excluding carboxylic acids is 1. The molecule has 0 spiro atoms. The molecule has 0 amide bonds. The van der Waals surface area contributed by atoms with Crippen molar-refractivity contribution in [2.45, 2.75) is 83.2 Å². The fourth-order valence-corrected chi connectivity index (χ4v) is 8.55. The zero-order valence-electron chi connectivity index (χ0n) is 21.0. The van der Waals surface area contributed by atoms with Crippen molar-refractivity contribution in [2.75, 3.05) is 5.75 Å². The minimum Gasteiger partial charge on any atom is -0.508 e. The zero-order chi connectivity index (χ0) is 24.4. The predicted octanol–water partition coefficient (Wildman–Crippen LogP) is 7.36. The molecule has 3 aliphatic rings. The number of aliphatic hydroxyl groups excluding tert-OH is 1. The van der Waals surface area contributed by atoms with Crippen LogP contribution in [0.25, 0.3) is 0 Å². The van der Waals surface area contributed by atoms with Crippen molar-refractivity contribution in [3.05, 3.63) is 65.2 Å². The van der Waals surface area contributed by atoms with Crippen molar-refractivity contribution >= 4 is 16.9 Å². The van der Waals surface area contributed by atoms with Gasteiger partial charge >= 0.3 is 0 Å². The lowest BCUT2D eigenvalue weighted by Crippen LogP contribution is -2.47. The summed E-state index contributed by atoms with van der Waals surface area (Å²) in [6.07, 6.45) is 11.2. The monoisotopic (exact) mass is 492 g/mol. The minimum atomic E-state index is -0.147. The van der Waals surface area contributed by atoms with E-state index in [0.717, 1.165) is 49.8 Å². The quantitative estimate of drug-likeness (QED) is 0.378. The van der Waals surface area contributed by atoms with Gasteiger partial charge in [0.25, 0.3) is 0 Å². The Bertz CT molecular complexity index is 1020. The number of rotatable bonds is 8. The second-order valence-electron chi connectivity index (χ2n) is 11.5. The van der Waals surface area contributed by atoms with Crippen molar-refractivity contribution in [3.63, 3.8) is 0 Å². The molecule has 0 aromatic heterocycles. The molecule has 3 aliphatic carbocycles. The number of carbonyl (C=O) groups is 1. The van der Waals surface area contributed by atoms with Gasteiger partial charge in [-0.1, -0.05) is 74.3 Å². The van der Waals surface area contributed by atoms with Crippen LogP contribution in [0.3, 0.4) is 0 Å². The van der Waals surface area contributed by atoms with E-state index in [4.69, 9.17) is 0 Å². The third-order valence-corrected chi connectivity index (χ3v) is 10.5. The molecule has 5 rings (SSSR count). The van der Waals surface area contributed by atoms with E-state index >= 15 is 0 Å². The van der Waals surface area contributed by atoms with E-state index in [1.807, 2.05) is 42.5 Å². The van der Waals surface area contributed by atoms with Crippen LogP contribution in [0.1, 0.15) is 92.1 Å². The number of fused-ring (bicyclic) bond motifs is 5. The van der Waals surface area contributed by atoms with E-state index < -0.39 is 0 Å². The van der Waals surface area contributed by atoms with E-state index in [0.29, 0.717) is 29.4 Å². The number of aliphatic hydroxyl groups is 1. The summed E-state index contributed by atoms with van der Waals surface area (Å²) in [4.78, 5) is 12.3. The number of thioether (sulfide) groups is 1. The summed E-state index contributed by atoms with van der Waals surface area (Å²) in [6.45, 7) is 2.35. The first-order valence-electron chi connectivity index (χ1n) is 13.7. The molecule has 3 unspecified atom stereocenters. The molecule has 0 heterocycles. The molecular weight excluding hydrogens is 452 g/mol. The van der Waals surface area contributed by atoms with Crippen LogP contribution in [0.5, 0.6) is 5.75 Å². The van der Waals surface area contributed by atoms with Gasteiger partial charge in [0.2, 0.25) is 5.12 Å². The number of phenols is 1. The molecule has 35 heavy (non-hydrogen) atoms. The molecule has 2 fully saturated rings. The Kier molecular flexibility index (Phi) is 7.60. The van der Waals surface area contributed by atoms with Crippen molar-refractivity contribution in [3.8, 4) is 5.75 Å². The zero-order valence-corrected chi connectivity index (χ0v) is 21.8. The van der Waals surface area contributed by atoms with Crippen LogP contribution in [0.15, 0.2) is 48.5 Å². The molecule has 188 valence electrons. The molecule has 2 N–H and O–H groups in total. The normalized spacial score (nSPS) is 31.4. The van der Waals surface area contributed by atoms with Crippen molar-refractivity contribution < 1.29 is 15.0 Å². The van der Waals surface area contributed by atoms with Gasteiger partial charge in [-0.25, -0.2) is 0 Å². The third kappa shape index (κ3) is 5.06. The third-order valence-electron chi connectivity index (χ3n) is 9.55. The summed E-state index contributed by atoms with van der Waals surface area (Å²) < 4.78 is 0. The molecule has 0 radical (unpaired) electrons. The predicted molar refractivity (Wildman–Crippen MR) is 144 cm³/mol. The lowest BCUT2D eigenvalue weighted by atomic mass is 9.52. The molecule has 3 nitrogen and oxygen atoms in total. The molecule has 0 aliphatic heterocycles. The fraction of sp³-hybridized carbons (Fsp3) is 0.581. The highest BCUT2D eigenvalue weighted by Crippen LogP contribution is 2.62. The Balaban J connectivity index is 1.16. The van der Waals surface area contributed by atoms with Gasteiger partial charge in [-0.05, 0) is 97.3 Å². The molecule has 2 aromatic carbocycles. The van der Waals surface area contributed by atoms with Gasteiger partial charge in [0.1, 0.15) is 5.75 Å². The van der Waals surface area contributed by atoms with Gasteiger partial charge in [0.05, 0.1) is 6.10 Å². The maximum absolute atomic E-state index is 12.3. The topological polar surface area (TPSA) is 57.5 Å². The summed E-state index contributed by atoms with van der Waals surface area (Å²) in [7, 11) is 0. The average molecular weight is 493 g/mol. The first kappa shape index (κ1) is 24.9. The van der Waals surface area contributed by atoms with Crippen LogP contribution in [-0.2, 0) is 6.42 Å². The molecule has 6 atom stereocenters. The SMILES string of the molecule is C[C@]12CCC3c4ccc(O)cc4C[C@@H](CCCCCCSC(=O)c4ccccc4)C3C1CC[C@@H]2O. The van der Waals surface area contributed by atoms with E-state index in [-0.39, 0.29) is 16.6 Å². The average Bonchev–Trinajstić information content (AvgIpc) is 3.17. The largest absolute Gasteiger partial charge is 0.508 e. The van der Waals surface area contributed by atoms with Crippen LogP contribution in [0, 0.1) is 23.2 Å². The summed E-state index contributed by atoms with van der Waals surface area (Å²) in [5.74, 6) is 3.77. The molecular formula is C31H40O3S. The van der Waals surface area contributed by atoms with Crippen LogP contribution in [0.2, 0.25) is 0 Å². The van der Waals surface area contributed by atoms with Crippen LogP contribution in [0.4, 0.5) is 0 Å². The highest BCUT2D eigenvalue weighted by Gasteiger charge is 2.56. The van der Waals surface area contributed by atoms with Crippen LogP contribution >= 0.6 is 11.8 Å². The van der Waals surface area contributed by atoms with Gasteiger partial charge in [-0.2, -0.15) is 0 Å². The van der Waals surface area contributed by atoms with Gasteiger partial charge in [0, 0.05) is 11.3 Å². The van der Waals surface area contributed by atoms with Crippen molar-refractivity contribution in [1.82, 2.24) is 0 Å². The Labute approximate surface area is 214 Å². The van der Waals surface area contributed by atoms with Crippen LogP contribution < -0.4 is 0 Å². The minimum absolute atomic E-state index is 0.0797. The van der Waals surface area contributed by atoms with Crippen LogP contribution in [-0.4, -0.2) is 27.2 Å². The summed E-state index contributed by atoms with van der Waals surface area (Å²) >= 11 is 1.45. The lowest BCUT2D eigenvalue weighted by Gasteiger charge is -2.53. The second kappa shape index (κ2) is 10.7. The highest BCUT2D eigenvalue weighted by atomic mass is 32.2. The van der Waals surface area contributed by atoms with Gasteiger partial charge < -0.3 is 10.2 Å². The Morgan fingerprint density at radius 2 is 1.83 bits per heavy atom. The fourth-order valence-electron chi connectivity index (χ4n) is 7.72. The first-order valence-corrected chi connectivity index (χ1v) is 14.7.